The van der Waals surface area contributed by atoms with Crippen LogP contribution in [-0.2, 0) is 37.9 Å². The molecule has 0 spiro atoms. The number of benzene rings is 1. The lowest BCUT2D eigenvalue weighted by Crippen LogP contribution is -2.13. The molecule has 0 radical (unpaired) electrons. The van der Waals surface area contributed by atoms with Gasteiger partial charge in [0.05, 0.1) is 19.6 Å². The minimum atomic E-state index is -0.536. The fourth-order valence-corrected chi connectivity index (χ4v) is 3.11. The summed E-state index contributed by atoms with van der Waals surface area (Å²) in [5.41, 5.74) is 2.21. The predicted molar refractivity (Wildman–Crippen MR) is 96.5 cm³/mol. The number of cyclic esters (lactones) is 1. The summed E-state index contributed by atoms with van der Waals surface area (Å²) in [5.74, 6) is -0.648. The van der Waals surface area contributed by atoms with Crippen molar-refractivity contribution in [3.8, 4) is 11.5 Å². The average Bonchev–Trinajstić information content (AvgIpc) is 3.03. The molecule has 26 heavy (non-hydrogen) atoms. The van der Waals surface area contributed by atoms with E-state index in [2.05, 4.69) is 17.1 Å². The first kappa shape index (κ1) is 20.1. The van der Waals surface area contributed by atoms with Crippen LogP contribution in [0.1, 0.15) is 40.4 Å². The van der Waals surface area contributed by atoms with Crippen molar-refractivity contribution in [2.75, 3.05) is 14.2 Å². The van der Waals surface area contributed by atoms with Gasteiger partial charge in [0.1, 0.15) is 23.7 Å². The molecule has 1 N–H and O–H groups in total. The van der Waals surface area contributed by atoms with E-state index in [1.165, 1.54) is 14.2 Å². The van der Waals surface area contributed by atoms with Gasteiger partial charge < -0.3 is 23.5 Å². The van der Waals surface area contributed by atoms with Crippen LogP contribution in [0.5, 0.6) is 11.5 Å². The summed E-state index contributed by atoms with van der Waals surface area (Å²) < 4.78 is 20.1. The zero-order valence-electron chi connectivity index (χ0n) is 14.9. The van der Waals surface area contributed by atoms with Gasteiger partial charge in [0.2, 0.25) is 0 Å². The third kappa shape index (κ3) is 3.96. The van der Waals surface area contributed by atoms with Crippen LogP contribution in [0.15, 0.2) is 12.2 Å². The molecule has 8 heteroatoms. The highest BCUT2D eigenvalue weighted by Crippen LogP contribution is 2.42. The van der Waals surface area contributed by atoms with Gasteiger partial charge in [-0.05, 0) is 12.8 Å². The number of fused-ring (bicyclic) bond motifs is 1. The number of carbonyl (C=O) groups is 2. The van der Waals surface area contributed by atoms with E-state index < -0.39 is 18.0 Å². The zero-order chi connectivity index (χ0) is 19.3. The maximum Gasteiger partial charge on any atom is 0.342 e. The number of allylic oxidation sites excluding steroid dienone is 1. The van der Waals surface area contributed by atoms with Crippen LogP contribution in [0, 0.1) is 0 Å². The molecule has 1 aliphatic heterocycles. The van der Waals surface area contributed by atoms with Crippen LogP contribution in [0.4, 0.5) is 0 Å². The minimum Gasteiger partial charge on any atom is -0.507 e. The molecule has 0 saturated carbocycles. The number of hydrogen-bond acceptors (Lipinski definition) is 8. The van der Waals surface area contributed by atoms with Crippen molar-refractivity contribution in [3.63, 3.8) is 0 Å². The Kier molecular flexibility index (Phi) is 6.93. The van der Waals surface area contributed by atoms with Crippen molar-refractivity contribution < 1.29 is 33.1 Å². The lowest BCUT2D eigenvalue weighted by Gasteiger charge is -2.17. The Hall–Kier alpha value is -2.19. The van der Waals surface area contributed by atoms with Crippen molar-refractivity contribution in [1.82, 2.24) is 0 Å². The summed E-state index contributed by atoms with van der Waals surface area (Å²) in [6.45, 7) is 2.08. The standard InChI is InChI=1S/C18H22O7S/c1-4-11-13-9-24-18(21)15(13)16(20)12(17(11)23-3)7-5-6-10(22-2)8-14(19)25-26/h5-6,10,20,26H,4,7-9H2,1-3H3/b6-5+. The smallest absolute Gasteiger partial charge is 0.342 e. The quantitative estimate of drug-likeness (QED) is 0.309. The van der Waals surface area contributed by atoms with Gasteiger partial charge in [-0.15, -0.1) is 0 Å². The number of hydrogen-bond donors (Lipinski definition) is 2. The van der Waals surface area contributed by atoms with Gasteiger partial charge in [0, 0.05) is 36.7 Å². The lowest BCUT2D eigenvalue weighted by molar-refractivity contribution is -0.134. The van der Waals surface area contributed by atoms with E-state index in [0.717, 1.165) is 5.56 Å². The number of methoxy groups -OCH3 is 2. The summed E-state index contributed by atoms with van der Waals surface area (Å²) in [7, 11) is 2.99. The van der Waals surface area contributed by atoms with Gasteiger partial charge >= 0.3 is 11.9 Å². The maximum atomic E-state index is 12.0. The van der Waals surface area contributed by atoms with Gasteiger partial charge in [0.15, 0.2) is 0 Å². The van der Waals surface area contributed by atoms with Crippen molar-refractivity contribution in [2.45, 2.75) is 38.9 Å². The maximum absolute atomic E-state index is 12.0. The molecule has 0 aromatic heterocycles. The number of esters is 1. The molecule has 1 aliphatic rings. The van der Waals surface area contributed by atoms with Gasteiger partial charge in [-0.25, -0.2) is 4.79 Å². The molecule has 0 fully saturated rings. The van der Waals surface area contributed by atoms with E-state index in [9.17, 15) is 14.7 Å². The number of carbonyl (C=O) groups excluding carboxylic acids is 2. The predicted octanol–water partition coefficient (Wildman–Crippen LogP) is 2.53. The van der Waals surface area contributed by atoms with Crippen molar-refractivity contribution in [1.29, 1.82) is 0 Å². The zero-order valence-corrected chi connectivity index (χ0v) is 15.8. The Morgan fingerprint density at radius 1 is 1.38 bits per heavy atom. The highest BCUT2D eigenvalue weighted by Gasteiger charge is 2.32. The Morgan fingerprint density at radius 3 is 2.69 bits per heavy atom. The van der Waals surface area contributed by atoms with Gasteiger partial charge in [-0.3, -0.25) is 4.79 Å². The number of phenolic OH excluding ortho intramolecular Hbond substituents is 1. The Bertz CT molecular complexity index is 727. The van der Waals surface area contributed by atoms with Gasteiger partial charge in [-0.1, -0.05) is 19.1 Å². The molecule has 1 atom stereocenters. The number of rotatable bonds is 8. The fourth-order valence-electron chi connectivity index (χ4n) is 3.04. The summed E-state index contributed by atoms with van der Waals surface area (Å²) in [5, 5.41) is 10.6. The third-order valence-corrected chi connectivity index (χ3v) is 4.50. The monoisotopic (exact) mass is 382 g/mol. The first-order valence-electron chi connectivity index (χ1n) is 8.12. The first-order chi connectivity index (χ1) is 12.5. The van der Waals surface area contributed by atoms with E-state index in [-0.39, 0.29) is 24.3 Å². The second-order valence-electron chi connectivity index (χ2n) is 5.70. The second-order valence-corrected chi connectivity index (χ2v) is 5.88. The van der Waals surface area contributed by atoms with E-state index in [1.807, 2.05) is 6.92 Å². The third-order valence-electron chi connectivity index (χ3n) is 4.29. The highest BCUT2D eigenvalue weighted by atomic mass is 32.1. The van der Waals surface area contributed by atoms with Gasteiger partial charge in [-0.2, -0.15) is 0 Å². The van der Waals surface area contributed by atoms with Crippen LogP contribution < -0.4 is 4.74 Å². The van der Waals surface area contributed by atoms with Crippen LogP contribution in [0.3, 0.4) is 0 Å². The fraction of sp³-hybridized carbons (Fsp3) is 0.444. The van der Waals surface area contributed by atoms with Crippen LogP contribution in [0.2, 0.25) is 0 Å². The highest BCUT2D eigenvalue weighted by molar-refractivity contribution is 7.75. The summed E-state index contributed by atoms with van der Waals surface area (Å²) in [4.78, 5) is 23.3. The molecule has 142 valence electrons. The van der Waals surface area contributed by atoms with Crippen molar-refractivity contribution >= 4 is 24.8 Å². The average molecular weight is 382 g/mol. The molecule has 2 rings (SSSR count). The Balaban J connectivity index is 2.34. The lowest BCUT2D eigenvalue weighted by atomic mass is 9.93. The molecule has 1 unspecified atom stereocenters. The summed E-state index contributed by atoms with van der Waals surface area (Å²) >= 11 is 3.46. The molecule has 1 aromatic rings. The largest absolute Gasteiger partial charge is 0.507 e. The SMILES string of the molecule is CCc1c2c(c(O)c(C/C=C/C(CC(=O)OS)OC)c1OC)C(=O)OC2. The van der Waals surface area contributed by atoms with E-state index >= 15 is 0 Å². The number of thiol groups is 1. The number of ether oxygens (including phenoxy) is 3. The van der Waals surface area contributed by atoms with Crippen molar-refractivity contribution in [2.24, 2.45) is 0 Å². The van der Waals surface area contributed by atoms with E-state index in [1.54, 1.807) is 12.2 Å². The molecule has 0 saturated heterocycles. The summed E-state index contributed by atoms with van der Waals surface area (Å²) in [6, 6.07) is 0. The Labute approximate surface area is 157 Å². The second kappa shape index (κ2) is 8.95. The molecule has 0 aliphatic carbocycles. The molecule has 1 aromatic carbocycles. The van der Waals surface area contributed by atoms with Gasteiger partial charge in [0.25, 0.3) is 0 Å². The topological polar surface area (TPSA) is 91.3 Å². The molecule has 0 bridgehead atoms. The number of phenols is 1. The van der Waals surface area contributed by atoms with E-state index in [4.69, 9.17) is 14.2 Å². The van der Waals surface area contributed by atoms with Crippen LogP contribution in [0.25, 0.3) is 0 Å². The molecule has 7 nitrogen and oxygen atoms in total. The molecular weight excluding hydrogens is 360 g/mol. The number of aromatic hydroxyl groups is 1. The Morgan fingerprint density at radius 2 is 2.12 bits per heavy atom. The van der Waals surface area contributed by atoms with Crippen LogP contribution in [-0.4, -0.2) is 37.4 Å². The van der Waals surface area contributed by atoms with Crippen molar-refractivity contribution in [3.05, 3.63) is 34.4 Å². The molecule has 1 heterocycles. The van der Waals surface area contributed by atoms with Crippen LogP contribution >= 0.6 is 12.9 Å². The first-order valence-corrected chi connectivity index (χ1v) is 8.49. The normalized spacial score (nSPS) is 14.2. The molecular formula is C18H22O7S. The minimum absolute atomic E-state index is 0.0103. The molecule has 0 amide bonds. The van der Waals surface area contributed by atoms with E-state index in [0.29, 0.717) is 29.7 Å². The summed E-state index contributed by atoms with van der Waals surface area (Å²) in [6.07, 6.45) is 3.86.